The molecule has 1 saturated heterocycles. The number of benzene rings is 1. The van der Waals surface area contributed by atoms with Crippen molar-refractivity contribution in [3.8, 4) is 0 Å². The number of likely N-dealkylation sites (tertiary alicyclic amines) is 1. The second kappa shape index (κ2) is 9.23. The van der Waals surface area contributed by atoms with Crippen molar-refractivity contribution in [2.45, 2.75) is 44.9 Å². The zero-order valence-corrected chi connectivity index (χ0v) is 15.7. The van der Waals surface area contributed by atoms with Crippen molar-refractivity contribution in [3.05, 3.63) is 35.9 Å². The highest BCUT2D eigenvalue weighted by atomic mass is 16.5. The molecule has 4 heteroatoms. The van der Waals surface area contributed by atoms with Crippen LogP contribution in [0.3, 0.4) is 0 Å². The Hall–Kier alpha value is -1.55. The van der Waals surface area contributed by atoms with E-state index in [0.29, 0.717) is 5.41 Å². The van der Waals surface area contributed by atoms with E-state index in [1.165, 1.54) is 44.3 Å². The first-order valence-electron chi connectivity index (χ1n) is 9.89. The normalized spacial score (nSPS) is 19.2. The summed E-state index contributed by atoms with van der Waals surface area (Å²) in [6, 6.07) is 10.5. The quantitative estimate of drug-likeness (QED) is 0.446. The molecular formula is C21H33N3O. The van der Waals surface area contributed by atoms with E-state index >= 15 is 0 Å². The van der Waals surface area contributed by atoms with E-state index < -0.39 is 0 Å². The smallest absolute Gasteiger partial charge is 0.193 e. The lowest BCUT2D eigenvalue weighted by molar-refractivity contribution is 0.133. The number of hydrogen-bond acceptors (Lipinski definition) is 2. The summed E-state index contributed by atoms with van der Waals surface area (Å²) in [5.41, 5.74) is 1.98. The highest BCUT2D eigenvalue weighted by Gasteiger charge is 2.43. The summed E-state index contributed by atoms with van der Waals surface area (Å²) in [5.74, 6) is 1.09. The Morgan fingerprint density at radius 3 is 2.68 bits per heavy atom. The van der Waals surface area contributed by atoms with Gasteiger partial charge in [-0.05, 0) is 49.5 Å². The van der Waals surface area contributed by atoms with Crippen molar-refractivity contribution < 1.29 is 4.74 Å². The predicted molar refractivity (Wildman–Crippen MR) is 104 cm³/mol. The van der Waals surface area contributed by atoms with E-state index in [4.69, 9.17) is 4.74 Å². The zero-order chi connectivity index (χ0) is 17.4. The maximum atomic E-state index is 5.75. The minimum absolute atomic E-state index is 0.629. The first-order valence-corrected chi connectivity index (χ1v) is 9.89. The van der Waals surface area contributed by atoms with Gasteiger partial charge in [0, 0.05) is 33.3 Å². The molecule has 1 aromatic rings. The number of nitrogens with zero attached hydrogens (tertiary/aromatic N) is 2. The third-order valence-corrected chi connectivity index (χ3v) is 5.74. The molecule has 1 aromatic carbocycles. The summed E-state index contributed by atoms with van der Waals surface area (Å²) in [4.78, 5) is 6.93. The Balaban J connectivity index is 1.22. The highest BCUT2D eigenvalue weighted by molar-refractivity contribution is 5.80. The monoisotopic (exact) mass is 343 g/mol. The van der Waals surface area contributed by atoms with Gasteiger partial charge in [0.1, 0.15) is 0 Å². The second-order valence-electron chi connectivity index (χ2n) is 7.55. The molecule has 0 radical (unpaired) electrons. The van der Waals surface area contributed by atoms with Gasteiger partial charge in [-0.2, -0.15) is 0 Å². The third-order valence-electron chi connectivity index (χ3n) is 5.74. The van der Waals surface area contributed by atoms with E-state index in [1.807, 2.05) is 7.05 Å². The number of unbranched alkanes of at least 4 members (excludes halogenated alkanes) is 1. The molecule has 0 unspecified atom stereocenters. The van der Waals surface area contributed by atoms with Crippen molar-refractivity contribution in [2.75, 3.05) is 39.9 Å². The molecule has 1 spiro atoms. The summed E-state index contributed by atoms with van der Waals surface area (Å²) in [6.45, 7) is 5.02. The Morgan fingerprint density at radius 1 is 1.16 bits per heavy atom. The van der Waals surface area contributed by atoms with Gasteiger partial charge in [0.15, 0.2) is 5.96 Å². The maximum Gasteiger partial charge on any atom is 0.193 e. The first-order chi connectivity index (χ1) is 12.3. The number of hydrogen-bond donors (Lipinski definition) is 1. The molecular weight excluding hydrogens is 310 g/mol. The fraction of sp³-hybridized carbons (Fsp3) is 0.667. The van der Waals surface area contributed by atoms with E-state index in [-0.39, 0.29) is 0 Å². The Bertz CT molecular complexity index is 539. The Kier molecular flexibility index (Phi) is 6.74. The van der Waals surface area contributed by atoms with Crippen LogP contribution in [0.1, 0.15) is 44.1 Å². The van der Waals surface area contributed by atoms with Crippen LogP contribution in [-0.4, -0.2) is 50.8 Å². The Labute approximate surface area is 152 Å². The van der Waals surface area contributed by atoms with Crippen molar-refractivity contribution >= 4 is 5.96 Å². The maximum absolute atomic E-state index is 5.75. The lowest BCUT2D eigenvalue weighted by Crippen LogP contribution is -2.42. The molecule has 138 valence electrons. The number of nitrogens with one attached hydrogen (secondary N) is 1. The van der Waals surface area contributed by atoms with Crippen LogP contribution in [0.4, 0.5) is 0 Å². The molecule has 0 amide bonds. The lowest BCUT2D eigenvalue weighted by atomic mass is 9.68. The minimum Gasteiger partial charge on any atom is -0.381 e. The largest absolute Gasteiger partial charge is 0.381 e. The topological polar surface area (TPSA) is 36.9 Å². The van der Waals surface area contributed by atoms with Gasteiger partial charge in [-0.1, -0.05) is 36.8 Å². The molecule has 0 aromatic heterocycles. The number of guanidine groups is 1. The lowest BCUT2D eigenvalue weighted by Gasteiger charge is -2.38. The molecule has 1 saturated carbocycles. The molecule has 3 rings (SSSR count). The summed E-state index contributed by atoms with van der Waals surface area (Å²) >= 11 is 0. The molecule has 25 heavy (non-hydrogen) atoms. The molecule has 4 nitrogen and oxygen atoms in total. The predicted octanol–water partition coefficient (Wildman–Crippen LogP) is 3.48. The molecule has 0 atom stereocenters. The minimum atomic E-state index is 0.629. The number of aliphatic imine (C=N–C) groups is 1. The molecule has 1 aliphatic carbocycles. The molecule has 0 bridgehead atoms. The SMILES string of the molecule is CN=C(NCCCCOCCc1ccccc1)N1CCC2(CCC2)C1. The van der Waals surface area contributed by atoms with Crippen LogP contribution in [-0.2, 0) is 11.2 Å². The average molecular weight is 344 g/mol. The Morgan fingerprint density at radius 2 is 2.00 bits per heavy atom. The molecule has 2 fully saturated rings. The molecule has 1 heterocycles. The van der Waals surface area contributed by atoms with Crippen molar-refractivity contribution in [3.63, 3.8) is 0 Å². The van der Waals surface area contributed by atoms with Gasteiger partial charge in [0.05, 0.1) is 6.61 Å². The van der Waals surface area contributed by atoms with Crippen LogP contribution in [0.15, 0.2) is 35.3 Å². The van der Waals surface area contributed by atoms with E-state index in [2.05, 4.69) is 45.5 Å². The summed E-state index contributed by atoms with van der Waals surface area (Å²) in [6.07, 6.45) is 8.84. The molecule has 1 N–H and O–H groups in total. The van der Waals surface area contributed by atoms with Crippen molar-refractivity contribution in [2.24, 2.45) is 10.4 Å². The second-order valence-corrected chi connectivity index (χ2v) is 7.55. The van der Waals surface area contributed by atoms with Gasteiger partial charge in [0.25, 0.3) is 0 Å². The third kappa shape index (κ3) is 5.21. The van der Waals surface area contributed by atoms with E-state index in [9.17, 15) is 0 Å². The molecule has 2 aliphatic rings. The highest BCUT2D eigenvalue weighted by Crippen LogP contribution is 2.47. The zero-order valence-electron chi connectivity index (χ0n) is 15.7. The average Bonchev–Trinajstić information content (AvgIpc) is 3.07. The van der Waals surface area contributed by atoms with E-state index in [1.54, 1.807) is 0 Å². The van der Waals surface area contributed by atoms with Crippen LogP contribution >= 0.6 is 0 Å². The van der Waals surface area contributed by atoms with Gasteiger partial charge in [0.2, 0.25) is 0 Å². The van der Waals surface area contributed by atoms with Crippen LogP contribution in [0.5, 0.6) is 0 Å². The van der Waals surface area contributed by atoms with Crippen molar-refractivity contribution in [1.82, 2.24) is 10.2 Å². The van der Waals surface area contributed by atoms with Crippen LogP contribution in [0.2, 0.25) is 0 Å². The van der Waals surface area contributed by atoms with E-state index in [0.717, 1.165) is 45.0 Å². The van der Waals surface area contributed by atoms with Crippen LogP contribution in [0, 0.1) is 5.41 Å². The number of ether oxygens (including phenoxy) is 1. The van der Waals surface area contributed by atoms with Gasteiger partial charge in [-0.25, -0.2) is 0 Å². The van der Waals surface area contributed by atoms with Gasteiger partial charge < -0.3 is 15.0 Å². The van der Waals surface area contributed by atoms with Gasteiger partial charge >= 0.3 is 0 Å². The fourth-order valence-corrected chi connectivity index (χ4v) is 4.00. The summed E-state index contributed by atoms with van der Waals surface area (Å²) in [5, 5.41) is 3.53. The van der Waals surface area contributed by atoms with Gasteiger partial charge in [-0.3, -0.25) is 4.99 Å². The van der Waals surface area contributed by atoms with Crippen LogP contribution in [0.25, 0.3) is 0 Å². The van der Waals surface area contributed by atoms with Gasteiger partial charge in [-0.15, -0.1) is 0 Å². The molecule has 1 aliphatic heterocycles. The van der Waals surface area contributed by atoms with Crippen molar-refractivity contribution in [1.29, 1.82) is 0 Å². The van der Waals surface area contributed by atoms with Crippen LogP contribution < -0.4 is 5.32 Å². The number of rotatable bonds is 8. The first kappa shape index (κ1) is 18.2. The fourth-order valence-electron chi connectivity index (χ4n) is 4.00. The standard InChI is InChI=1S/C21H33N3O/c1-22-20(24-15-13-21(18-24)11-7-12-21)23-14-5-6-16-25-17-10-19-8-3-2-4-9-19/h2-4,8-9H,5-7,10-18H2,1H3,(H,22,23). The summed E-state index contributed by atoms with van der Waals surface area (Å²) < 4.78 is 5.75. The summed E-state index contributed by atoms with van der Waals surface area (Å²) in [7, 11) is 1.90.